The van der Waals surface area contributed by atoms with Crippen molar-refractivity contribution in [3.8, 4) is 0 Å². The Labute approximate surface area is 437 Å². The number of esters is 2. The van der Waals surface area contributed by atoms with Gasteiger partial charge in [-0.2, -0.15) is 9.29 Å². The lowest BCUT2D eigenvalue weighted by atomic mass is 10.0. The first-order chi connectivity index (χ1) is 35.3. The first-order valence-electron chi connectivity index (χ1n) is 26.0. The van der Waals surface area contributed by atoms with Crippen molar-refractivity contribution in [2.45, 2.75) is 192 Å². The molecule has 1 aliphatic heterocycles. The Kier molecular flexibility index (Phi) is 34.6. The summed E-state index contributed by atoms with van der Waals surface area (Å²) in [5.41, 5.74) is 4.57. The molecule has 0 amide bonds. The van der Waals surface area contributed by atoms with E-state index < -0.39 is 95.9 Å². The Morgan fingerprint density at radius 1 is 0.770 bits per heavy atom. The van der Waals surface area contributed by atoms with Crippen LogP contribution in [0.5, 0.6) is 0 Å². The number of hydrogen-bond acceptors (Lipinski definition) is 17. The number of allylic oxidation sites excluding steroid dienone is 8. The van der Waals surface area contributed by atoms with Gasteiger partial charge in [-0.15, -0.1) is 0 Å². The molecule has 2 rings (SSSR count). The minimum Gasteiger partial charge on any atom is -0.462 e. The van der Waals surface area contributed by atoms with Crippen LogP contribution in [0.25, 0.3) is 0 Å². The summed E-state index contributed by atoms with van der Waals surface area (Å²) in [6.45, 7) is 4.08. The second kappa shape index (κ2) is 38.6. The lowest BCUT2D eigenvalue weighted by Crippen LogP contribution is -2.36. The number of phosphoric acid groups is 2. The van der Waals surface area contributed by atoms with Crippen LogP contribution >= 0.6 is 15.6 Å². The van der Waals surface area contributed by atoms with E-state index in [2.05, 4.69) is 23.1 Å². The average molecular weight is 1090 g/mol. The third kappa shape index (κ3) is 31.9. The number of nitrogen functional groups attached to an aromatic ring is 1. The van der Waals surface area contributed by atoms with Gasteiger partial charge in [-0.1, -0.05) is 171 Å². The van der Waals surface area contributed by atoms with Crippen molar-refractivity contribution in [1.82, 2.24) is 9.55 Å². The number of rotatable bonds is 41. The van der Waals surface area contributed by atoms with Gasteiger partial charge >= 0.3 is 33.3 Å². The minimum atomic E-state index is -5.48. The smallest absolute Gasteiger partial charge is 0.462 e. The molecule has 8 N–H and O–H groups in total. The van der Waals surface area contributed by atoms with Crippen LogP contribution in [0.3, 0.4) is 0 Å². The first-order valence-corrected chi connectivity index (χ1v) is 29.0. The number of nitrogens with two attached hydrogens (primary N) is 1. The molecule has 1 aromatic rings. The molecule has 0 aromatic carbocycles. The molecule has 22 heteroatoms. The highest BCUT2D eigenvalue weighted by Gasteiger charge is 2.46. The normalized spacial score (nSPS) is 20.4. The SMILES string of the molecule is CC/C=C\C[C@H](O)/C=C/C=C\C/C=C\C=C\[C@H](O)/C=C\CCCC(=O)O[C@H](COC(=O)CCCCCCCCCCCCCCC(C)C)COP(=O)(O)OP(=O)(O)OC[C@H]1O[C@@H](n2ccc(N)nc2=O)[C@H](O)[C@@H]1O. The molecular formula is C52H85N3O17P2. The molecule has 0 spiro atoms. The van der Waals surface area contributed by atoms with Gasteiger partial charge in [0.2, 0.25) is 0 Å². The second-order valence-electron chi connectivity index (χ2n) is 18.5. The molecule has 0 aliphatic carbocycles. The molecule has 0 bridgehead atoms. The molecule has 1 aliphatic rings. The maximum atomic E-state index is 12.9. The van der Waals surface area contributed by atoms with Gasteiger partial charge in [0, 0.05) is 19.0 Å². The number of carbonyl (C=O) groups excluding carboxylic acids is 2. The van der Waals surface area contributed by atoms with E-state index in [0.717, 1.165) is 48.8 Å². The quantitative estimate of drug-likeness (QED) is 0.0106. The predicted molar refractivity (Wildman–Crippen MR) is 282 cm³/mol. The van der Waals surface area contributed by atoms with Gasteiger partial charge in [-0.3, -0.25) is 23.2 Å². The third-order valence-corrected chi connectivity index (χ3v) is 14.0. The number of aliphatic hydroxyl groups excluding tert-OH is 4. The van der Waals surface area contributed by atoms with E-state index in [1.165, 1.54) is 57.4 Å². The third-order valence-electron chi connectivity index (χ3n) is 11.4. The largest absolute Gasteiger partial charge is 0.481 e. The molecule has 0 radical (unpaired) electrons. The summed E-state index contributed by atoms with van der Waals surface area (Å²) < 4.78 is 56.6. The number of anilines is 1. The highest BCUT2D eigenvalue weighted by Crippen LogP contribution is 2.60. The van der Waals surface area contributed by atoms with Crippen molar-refractivity contribution in [3.05, 3.63) is 95.7 Å². The molecular weight excluding hydrogens is 1000 g/mol. The Balaban J connectivity index is 1.86. The highest BCUT2D eigenvalue weighted by atomic mass is 31.3. The van der Waals surface area contributed by atoms with Gasteiger partial charge in [0.25, 0.3) is 0 Å². The van der Waals surface area contributed by atoms with Gasteiger partial charge in [-0.25, -0.2) is 13.9 Å². The molecule has 2 heterocycles. The highest BCUT2D eigenvalue weighted by molar-refractivity contribution is 7.61. The lowest BCUT2D eigenvalue weighted by molar-refractivity contribution is -0.161. The number of aromatic nitrogens is 2. The molecule has 0 saturated carbocycles. The van der Waals surface area contributed by atoms with Crippen LogP contribution in [0, 0.1) is 5.92 Å². The Morgan fingerprint density at radius 2 is 1.38 bits per heavy atom. The van der Waals surface area contributed by atoms with Crippen molar-refractivity contribution < 1.29 is 76.5 Å². The van der Waals surface area contributed by atoms with E-state index in [0.29, 0.717) is 25.7 Å². The fourth-order valence-electron chi connectivity index (χ4n) is 7.36. The summed E-state index contributed by atoms with van der Waals surface area (Å²) in [5.74, 6) is -0.731. The maximum absolute atomic E-state index is 12.9. The van der Waals surface area contributed by atoms with Crippen molar-refractivity contribution in [2.24, 2.45) is 5.92 Å². The molecule has 1 saturated heterocycles. The van der Waals surface area contributed by atoms with Crippen LogP contribution in [0.1, 0.15) is 155 Å². The first kappa shape index (κ1) is 66.2. The van der Waals surface area contributed by atoms with E-state index >= 15 is 0 Å². The zero-order chi connectivity index (χ0) is 54.6. The number of aliphatic hydroxyl groups is 4. The molecule has 420 valence electrons. The van der Waals surface area contributed by atoms with Crippen LogP contribution < -0.4 is 11.4 Å². The second-order valence-corrected chi connectivity index (χ2v) is 21.6. The number of hydrogen-bond donors (Lipinski definition) is 7. The van der Waals surface area contributed by atoms with Crippen molar-refractivity contribution in [1.29, 1.82) is 0 Å². The average Bonchev–Trinajstić information content (AvgIpc) is 3.62. The van der Waals surface area contributed by atoms with E-state index in [-0.39, 0.29) is 25.1 Å². The van der Waals surface area contributed by atoms with Gasteiger partial charge in [-0.05, 0) is 50.5 Å². The van der Waals surface area contributed by atoms with E-state index in [4.69, 9.17) is 29.0 Å². The molecule has 1 aromatic heterocycles. The van der Waals surface area contributed by atoms with E-state index in [9.17, 15) is 53.7 Å². The standard InChI is InChI=1S/C52H85N3O17P2/c1-4-5-22-30-42(56)31-24-18-14-12-15-19-25-32-43(57)33-26-21-28-35-48(59)70-44(38-67-47(58)34-27-20-16-11-9-7-6-8-10-13-17-23-29-41(2)3)39-68-73(63,64)72-74(65,66)69-40-45-49(60)50(61)51(71-45)55-37-36-46(53)54-52(55)62/h5,14-15,18-19,22,24-26,31-33,36-37,41-45,49-51,56-57,60-61H,4,6-13,16-17,20-21,23,27-30,34-35,38-40H2,1-3H3,(H,63,64)(H,65,66)(H2,53,54,62)/b18-14-,19-15-,22-5-,31-24+,32-25+,33-26-/t42-,43-,44+,45+,49+,50+,51+/m0/s1. The van der Waals surface area contributed by atoms with E-state index in [1.807, 2.05) is 37.3 Å². The monoisotopic (exact) mass is 1090 g/mol. The molecule has 20 nitrogen and oxygen atoms in total. The minimum absolute atomic E-state index is 0.0822. The Morgan fingerprint density at radius 3 is 2.01 bits per heavy atom. The van der Waals surface area contributed by atoms with Crippen LogP contribution in [0.2, 0.25) is 0 Å². The Bertz CT molecular complexity index is 2080. The molecule has 74 heavy (non-hydrogen) atoms. The zero-order valence-corrected chi connectivity index (χ0v) is 45.3. The van der Waals surface area contributed by atoms with Crippen LogP contribution in [-0.4, -0.2) is 108 Å². The summed E-state index contributed by atoms with van der Waals surface area (Å²) in [7, 11) is -10.9. The fourth-order valence-corrected chi connectivity index (χ4v) is 9.47. The van der Waals surface area contributed by atoms with Crippen LogP contribution in [0.15, 0.2) is 90.0 Å². The topological polar surface area (TPSA) is 306 Å². The van der Waals surface area contributed by atoms with Crippen molar-refractivity contribution >= 4 is 33.4 Å². The number of carbonyl (C=O) groups is 2. The number of nitrogens with zero attached hydrogens (tertiary/aromatic N) is 2. The summed E-state index contributed by atoms with van der Waals surface area (Å²) in [6.07, 6.45) is 30.6. The van der Waals surface area contributed by atoms with Crippen LogP contribution in [-0.2, 0) is 46.3 Å². The predicted octanol–water partition coefficient (Wildman–Crippen LogP) is 8.69. The maximum Gasteiger partial charge on any atom is 0.481 e. The summed E-state index contributed by atoms with van der Waals surface area (Å²) >= 11 is 0. The summed E-state index contributed by atoms with van der Waals surface area (Å²) in [5, 5.41) is 41.1. The van der Waals surface area contributed by atoms with Gasteiger partial charge in [0.05, 0.1) is 25.4 Å². The van der Waals surface area contributed by atoms with Crippen molar-refractivity contribution in [3.63, 3.8) is 0 Å². The number of phosphoric ester groups is 2. The summed E-state index contributed by atoms with van der Waals surface area (Å²) in [6, 6.07) is 1.23. The summed E-state index contributed by atoms with van der Waals surface area (Å²) in [4.78, 5) is 61.9. The number of ether oxygens (including phenoxy) is 3. The molecule has 2 unspecified atom stereocenters. The Hall–Kier alpha value is -3.88. The van der Waals surface area contributed by atoms with Gasteiger partial charge in [0.15, 0.2) is 12.3 Å². The fraction of sp³-hybridized carbons (Fsp3) is 0.654. The molecule has 1 fully saturated rings. The number of unbranched alkanes of at least 4 members (excludes halogenated alkanes) is 12. The van der Waals surface area contributed by atoms with Gasteiger partial charge in [0.1, 0.15) is 30.7 Å². The lowest BCUT2D eigenvalue weighted by Gasteiger charge is -2.21. The van der Waals surface area contributed by atoms with Crippen LogP contribution in [0.4, 0.5) is 5.82 Å². The van der Waals surface area contributed by atoms with Crippen molar-refractivity contribution in [2.75, 3.05) is 25.6 Å². The zero-order valence-electron chi connectivity index (χ0n) is 43.5. The van der Waals surface area contributed by atoms with E-state index in [1.54, 1.807) is 42.5 Å². The molecule has 9 atom stereocenters. The van der Waals surface area contributed by atoms with Gasteiger partial charge < -0.3 is 50.2 Å².